The summed E-state index contributed by atoms with van der Waals surface area (Å²) in [5, 5.41) is 21.9. The zero-order chi connectivity index (χ0) is 12.4. The lowest BCUT2D eigenvalue weighted by Crippen LogP contribution is -1.97. The molecule has 0 amide bonds. The van der Waals surface area contributed by atoms with Crippen LogP contribution in [-0.4, -0.2) is 10.2 Å². The Morgan fingerprint density at radius 1 is 0.882 bits per heavy atom. The number of phenolic OH excluding ortho intramolecular Hbond substituents is 2. The molecule has 0 saturated heterocycles. The maximum Gasteiger partial charge on any atom is 0.139 e. The summed E-state index contributed by atoms with van der Waals surface area (Å²) < 4.78 is 0. The molecular weight excluding hydrogens is 218 g/mol. The fourth-order valence-corrected chi connectivity index (χ4v) is 1.45. The molecule has 0 unspecified atom stereocenters. The third-order valence-electron chi connectivity index (χ3n) is 2.33. The fourth-order valence-electron chi connectivity index (χ4n) is 1.45. The highest BCUT2D eigenvalue weighted by Crippen LogP contribution is 2.32. The second-order valence-electron chi connectivity index (χ2n) is 3.67. The third-order valence-corrected chi connectivity index (χ3v) is 2.33. The first-order chi connectivity index (χ1) is 8.06. The molecule has 88 valence electrons. The van der Waals surface area contributed by atoms with Crippen LogP contribution in [0.5, 0.6) is 11.5 Å². The Balaban J connectivity index is 2.37. The van der Waals surface area contributed by atoms with Gasteiger partial charge < -0.3 is 27.0 Å². The lowest BCUT2D eigenvalue weighted by Gasteiger charge is -2.11. The zero-order valence-corrected chi connectivity index (χ0v) is 9.01. The highest BCUT2D eigenvalue weighted by Gasteiger charge is 2.05. The van der Waals surface area contributed by atoms with Crippen LogP contribution in [-0.2, 0) is 0 Å². The molecule has 0 heterocycles. The van der Waals surface area contributed by atoms with Crippen LogP contribution in [0.2, 0.25) is 0 Å². The summed E-state index contributed by atoms with van der Waals surface area (Å²) in [5.41, 5.74) is 13.3. The van der Waals surface area contributed by atoms with Gasteiger partial charge in [-0.1, -0.05) is 0 Å². The molecule has 0 aliphatic rings. The molecule has 2 aromatic rings. The number of benzene rings is 2. The molecular formula is C12H13N3O2. The topological polar surface area (TPSA) is 105 Å². The number of rotatable bonds is 2. The van der Waals surface area contributed by atoms with Gasteiger partial charge in [-0.2, -0.15) is 0 Å². The molecule has 0 bridgehead atoms. The van der Waals surface area contributed by atoms with E-state index in [0.29, 0.717) is 22.7 Å². The minimum atomic E-state index is 0.0574. The smallest absolute Gasteiger partial charge is 0.139 e. The summed E-state index contributed by atoms with van der Waals surface area (Å²) in [6.45, 7) is 0. The van der Waals surface area contributed by atoms with Crippen LogP contribution in [0.25, 0.3) is 0 Å². The first-order valence-corrected chi connectivity index (χ1v) is 5.00. The first-order valence-electron chi connectivity index (χ1n) is 5.00. The van der Waals surface area contributed by atoms with Crippen LogP contribution in [0.4, 0.5) is 22.7 Å². The Morgan fingerprint density at radius 3 is 2.41 bits per heavy atom. The molecule has 0 saturated carbocycles. The Kier molecular flexibility index (Phi) is 2.66. The van der Waals surface area contributed by atoms with E-state index >= 15 is 0 Å². The molecule has 0 aliphatic carbocycles. The van der Waals surface area contributed by atoms with E-state index in [9.17, 15) is 10.2 Å². The summed E-state index contributed by atoms with van der Waals surface area (Å²) in [6.07, 6.45) is 0. The van der Waals surface area contributed by atoms with Crippen molar-refractivity contribution in [3.8, 4) is 11.5 Å². The van der Waals surface area contributed by atoms with Crippen LogP contribution in [0.15, 0.2) is 36.4 Å². The highest BCUT2D eigenvalue weighted by molar-refractivity contribution is 5.77. The lowest BCUT2D eigenvalue weighted by atomic mass is 10.2. The molecule has 0 spiro atoms. The molecule has 2 aromatic carbocycles. The van der Waals surface area contributed by atoms with Crippen LogP contribution in [0.1, 0.15) is 0 Å². The minimum absolute atomic E-state index is 0.0574. The van der Waals surface area contributed by atoms with Gasteiger partial charge in [-0.15, -0.1) is 0 Å². The number of aromatic hydroxyl groups is 2. The van der Waals surface area contributed by atoms with Gasteiger partial charge in [-0.3, -0.25) is 0 Å². The third kappa shape index (κ3) is 2.34. The second-order valence-corrected chi connectivity index (χ2v) is 3.67. The van der Waals surface area contributed by atoms with Gasteiger partial charge in [0, 0.05) is 11.8 Å². The van der Waals surface area contributed by atoms with Crippen molar-refractivity contribution in [3.63, 3.8) is 0 Å². The van der Waals surface area contributed by atoms with Crippen molar-refractivity contribution in [2.45, 2.75) is 0 Å². The average molecular weight is 231 g/mol. The second kappa shape index (κ2) is 4.13. The quantitative estimate of drug-likeness (QED) is 0.309. The highest BCUT2D eigenvalue weighted by atomic mass is 16.3. The molecule has 17 heavy (non-hydrogen) atoms. The van der Waals surface area contributed by atoms with Gasteiger partial charge in [0.15, 0.2) is 0 Å². The van der Waals surface area contributed by atoms with Gasteiger partial charge >= 0.3 is 0 Å². The number of anilines is 4. The first kappa shape index (κ1) is 10.9. The number of nitrogens with two attached hydrogens (primary N) is 2. The maximum atomic E-state index is 9.64. The molecule has 0 atom stereocenters. The van der Waals surface area contributed by atoms with E-state index in [1.54, 1.807) is 18.2 Å². The van der Waals surface area contributed by atoms with Gasteiger partial charge in [0.25, 0.3) is 0 Å². The van der Waals surface area contributed by atoms with Gasteiger partial charge in [-0.25, -0.2) is 0 Å². The van der Waals surface area contributed by atoms with E-state index in [-0.39, 0.29) is 11.5 Å². The van der Waals surface area contributed by atoms with Crippen molar-refractivity contribution in [1.82, 2.24) is 0 Å². The lowest BCUT2D eigenvalue weighted by molar-refractivity contribution is 0.475. The molecule has 2 rings (SSSR count). The normalized spacial score (nSPS) is 10.1. The summed E-state index contributed by atoms with van der Waals surface area (Å²) in [7, 11) is 0. The summed E-state index contributed by atoms with van der Waals surface area (Å²) >= 11 is 0. The van der Waals surface area contributed by atoms with Gasteiger partial charge in [0.1, 0.15) is 11.5 Å². The van der Waals surface area contributed by atoms with Crippen LogP contribution in [0.3, 0.4) is 0 Å². The Hall–Kier alpha value is -2.56. The predicted molar refractivity (Wildman–Crippen MR) is 68.3 cm³/mol. The van der Waals surface area contributed by atoms with Crippen molar-refractivity contribution in [2.75, 3.05) is 16.8 Å². The Labute approximate surface area is 98.3 Å². The molecule has 7 N–H and O–H groups in total. The number of hydrogen-bond donors (Lipinski definition) is 5. The van der Waals surface area contributed by atoms with Gasteiger partial charge in [0.05, 0.1) is 17.1 Å². The van der Waals surface area contributed by atoms with Crippen LogP contribution < -0.4 is 16.8 Å². The van der Waals surface area contributed by atoms with E-state index in [1.807, 2.05) is 0 Å². The molecule has 0 aliphatic heterocycles. The van der Waals surface area contributed by atoms with E-state index in [1.165, 1.54) is 18.2 Å². The number of phenols is 2. The van der Waals surface area contributed by atoms with Crippen LogP contribution in [0, 0.1) is 0 Å². The molecule has 0 fully saturated rings. The van der Waals surface area contributed by atoms with Gasteiger partial charge in [-0.05, 0) is 30.3 Å². The molecule has 5 nitrogen and oxygen atoms in total. The van der Waals surface area contributed by atoms with Crippen molar-refractivity contribution < 1.29 is 10.2 Å². The molecule has 5 heteroatoms. The minimum Gasteiger partial charge on any atom is -0.508 e. The van der Waals surface area contributed by atoms with Crippen molar-refractivity contribution in [3.05, 3.63) is 36.4 Å². The SMILES string of the molecule is Nc1ccc(O)c(Nc2cc(O)ccc2N)c1. The van der Waals surface area contributed by atoms with Gasteiger partial charge in [0.2, 0.25) is 0 Å². The van der Waals surface area contributed by atoms with E-state index in [2.05, 4.69) is 5.32 Å². The van der Waals surface area contributed by atoms with E-state index < -0.39 is 0 Å². The molecule has 0 aromatic heterocycles. The summed E-state index contributed by atoms with van der Waals surface area (Å²) in [4.78, 5) is 0. The predicted octanol–water partition coefficient (Wildman–Crippen LogP) is 2.01. The van der Waals surface area contributed by atoms with Crippen molar-refractivity contribution in [2.24, 2.45) is 0 Å². The number of hydrogen-bond acceptors (Lipinski definition) is 5. The van der Waals surface area contributed by atoms with E-state index in [4.69, 9.17) is 11.5 Å². The van der Waals surface area contributed by atoms with Crippen molar-refractivity contribution >= 4 is 22.7 Å². The number of nitrogen functional groups attached to an aromatic ring is 2. The Bertz CT molecular complexity index is 506. The summed E-state index contributed by atoms with van der Waals surface area (Å²) in [5.74, 6) is 0.145. The largest absolute Gasteiger partial charge is 0.508 e. The number of nitrogens with one attached hydrogen (secondary N) is 1. The fraction of sp³-hybridized carbons (Fsp3) is 0. The van der Waals surface area contributed by atoms with Crippen molar-refractivity contribution in [1.29, 1.82) is 0 Å². The monoisotopic (exact) mass is 231 g/mol. The summed E-state index contributed by atoms with van der Waals surface area (Å²) in [6, 6.07) is 9.18. The standard InChI is InChI=1S/C12H13N3O2/c13-7-1-4-12(17)11(5-7)15-10-6-8(16)2-3-9(10)14/h1-6,15-17H,13-14H2. The Morgan fingerprint density at radius 2 is 1.65 bits per heavy atom. The zero-order valence-electron chi connectivity index (χ0n) is 9.01. The van der Waals surface area contributed by atoms with Crippen LogP contribution >= 0.6 is 0 Å². The average Bonchev–Trinajstić information content (AvgIpc) is 2.28. The van der Waals surface area contributed by atoms with E-state index in [0.717, 1.165) is 0 Å². The maximum absolute atomic E-state index is 9.64. The molecule has 0 radical (unpaired) electrons.